The van der Waals surface area contributed by atoms with Crippen LogP contribution in [0.3, 0.4) is 0 Å². The quantitative estimate of drug-likeness (QED) is 0.545. The zero-order chi connectivity index (χ0) is 20.6. The predicted molar refractivity (Wildman–Crippen MR) is 102 cm³/mol. The average Bonchev–Trinajstić information content (AvgIpc) is 2.58. The van der Waals surface area contributed by atoms with Gasteiger partial charge in [-0.15, -0.1) is 0 Å². The van der Waals surface area contributed by atoms with E-state index in [9.17, 15) is 14.4 Å². The molecule has 0 aliphatic heterocycles. The van der Waals surface area contributed by atoms with Crippen molar-refractivity contribution in [3.63, 3.8) is 0 Å². The number of carbonyl (C=O) groups is 3. The smallest absolute Gasteiger partial charge is 0.340 e. The van der Waals surface area contributed by atoms with E-state index in [0.717, 1.165) is 0 Å². The minimum Gasteiger partial charge on any atom is -0.464 e. The highest BCUT2D eigenvalue weighted by atomic mass is 16.6. The molecule has 0 amide bonds. The number of esters is 3. The highest BCUT2D eigenvalue weighted by Gasteiger charge is 2.25. The van der Waals surface area contributed by atoms with E-state index in [0.29, 0.717) is 12.1 Å². The molecular formula is C20H29NO6. The van der Waals surface area contributed by atoms with Crippen LogP contribution in [-0.2, 0) is 19.0 Å². The first-order chi connectivity index (χ1) is 12.6. The fourth-order valence-electron chi connectivity index (χ4n) is 2.27. The van der Waals surface area contributed by atoms with Crippen molar-refractivity contribution < 1.29 is 28.6 Å². The second kappa shape index (κ2) is 9.94. The molecule has 7 heteroatoms. The monoisotopic (exact) mass is 379 g/mol. The van der Waals surface area contributed by atoms with E-state index >= 15 is 0 Å². The van der Waals surface area contributed by atoms with E-state index in [1.54, 1.807) is 40.7 Å². The van der Waals surface area contributed by atoms with Gasteiger partial charge in [-0.25, -0.2) is 14.4 Å². The highest BCUT2D eigenvalue weighted by Crippen LogP contribution is 2.23. The summed E-state index contributed by atoms with van der Waals surface area (Å²) in [6.07, 6.45) is 0.465. The molecule has 27 heavy (non-hydrogen) atoms. The Morgan fingerprint density at radius 1 is 1.00 bits per heavy atom. The summed E-state index contributed by atoms with van der Waals surface area (Å²) >= 11 is 0. The molecule has 0 aromatic heterocycles. The zero-order valence-electron chi connectivity index (χ0n) is 16.9. The van der Waals surface area contributed by atoms with Crippen LogP contribution in [0.1, 0.15) is 68.7 Å². The summed E-state index contributed by atoms with van der Waals surface area (Å²) in [6, 6.07) is 3.88. The second-order valence-electron chi connectivity index (χ2n) is 6.84. The van der Waals surface area contributed by atoms with Crippen LogP contribution in [0.2, 0.25) is 0 Å². The van der Waals surface area contributed by atoms with E-state index in [4.69, 9.17) is 14.2 Å². The summed E-state index contributed by atoms with van der Waals surface area (Å²) in [4.78, 5) is 36.7. The Morgan fingerprint density at radius 3 is 2.15 bits per heavy atom. The van der Waals surface area contributed by atoms with Crippen LogP contribution in [0.25, 0.3) is 0 Å². The van der Waals surface area contributed by atoms with E-state index in [1.807, 2.05) is 6.92 Å². The van der Waals surface area contributed by atoms with E-state index in [1.165, 1.54) is 12.1 Å². The van der Waals surface area contributed by atoms with Gasteiger partial charge in [0.2, 0.25) is 0 Å². The first-order valence-electron chi connectivity index (χ1n) is 9.10. The maximum Gasteiger partial charge on any atom is 0.340 e. The lowest BCUT2D eigenvalue weighted by Gasteiger charge is -2.23. The zero-order valence-corrected chi connectivity index (χ0v) is 16.9. The molecule has 1 unspecified atom stereocenters. The summed E-state index contributed by atoms with van der Waals surface area (Å²) in [5.41, 5.74) is 0.0578. The molecule has 7 nitrogen and oxygen atoms in total. The molecule has 1 aromatic rings. The van der Waals surface area contributed by atoms with Crippen molar-refractivity contribution in [1.29, 1.82) is 0 Å². The lowest BCUT2D eigenvalue weighted by Crippen LogP contribution is -2.32. The first-order valence-corrected chi connectivity index (χ1v) is 9.10. The molecule has 150 valence electrons. The third-order valence-electron chi connectivity index (χ3n) is 3.46. The Balaban J connectivity index is 3.26. The molecule has 0 spiro atoms. The van der Waals surface area contributed by atoms with Crippen molar-refractivity contribution in [2.75, 3.05) is 18.5 Å². The van der Waals surface area contributed by atoms with Crippen molar-refractivity contribution in [3.8, 4) is 0 Å². The maximum atomic E-state index is 12.6. The minimum atomic E-state index is -0.709. The Kier molecular flexibility index (Phi) is 8.28. The van der Waals surface area contributed by atoms with Crippen LogP contribution < -0.4 is 5.32 Å². The maximum absolute atomic E-state index is 12.6. The number of hydrogen-bond acceptors (Lipinski definition) is 7. The van der Waals surface area contributed by atoms with Crippen LogP contribution in [-0.4, -0.2) is 42.8 Å². The number of benzene rings is 1. The van der Waals surface area contributed by atoms with Gasteiger partial charge in [0, 0.05) is 5.69 Å². The SMILES string of the molecule is CCOC(=O)c1ccc(NC(CC)C(=O)OCC)c(C(=O)OC(C)(C)C)c1. The van der Waals surface area contributed by atoms with Gasteiger partial charge in [-0.05, 0) is 59.2 Å². The topological polar surface area (TPSA) is 90.9 Å². The molecule has 1 aromatic carbocycles. The lowest BCUT2D eigenvalue weighted by atomic mass is 10.1. The van der Waals surface area contributed by atoms with Crippen molar-refractivity contribution in [2.24, 2.45) is 0 Å². The third kappa shape index (κ3) is 6.92. The van der Waals surface area contributed by atoms with Crippen LogP contribution in [0.4, 0.5) is 5.69 Å². The highest BCUT2D eigenvalue weighted by molar-refractivity contribution is 6.00. The largest absolute Gasteiger partial charge is 0.464 e. The number of hydrogen-bond donors (Lipinski definition) is 1. The lowest BCUT2D eigenvalue weighted by molar-refractivity contribution is -0.144. The van der Waals surface area contributed by atoms with Gasteiger partial charge in [0.05, 0.1) is 24.3 Å². The Labute approximate surface area is 160 Å². The van der Waals surface area contributed by atoms with E-state index in [2.05, 4.69) is 5.32 Å². The molecule has 0 aliphatic carbocycles. The number of nitrogens with one attached hydrogen (secondary N) is 1. The van der Waals surface area contributed by atoms with Crippen LogP contribution in [0.15, 0.2) is 18.2 Å². The van der Waals surface area contributed by atoms with Gasteiger partial charge in [0.25, 0.3) is 0 Å². The van der Waals surface area contributed by atoms with Crippen molar-refractivity contribution >= 4 is 23.6 Å². The molecule has 0 saturated heterocycles. The molecule has 0 saturated carbocycles. The van der Waals surface area contributed by atoms with Gasteiger partial charge >= 0.3 is 17.9 Å². The van der Waals surface area contributed by atoms with Crippen molar-refractivity contribution in [3.05, 3.63) is 29.3 Å². The van der Waals surface area contributed by atoms with Crippen LogP contribution in [0, 0.1) is 0 Å². The molecule has 0 radical (unpaired) electrons. The Bertz CT molecular complexity index is 678. The number of rotatable bonds is 8. The Morgan fingerprint density at radius 2 is 1.63 bits per heavy atom. The van der Waals surface area contributed by atoms with Crippen LogP contribution in [0.5, 0.6) is 0 Å². The second-order valence-corrected chi connectivity index (χ2v) is 6.84. The average molecular weight is 379 g/mol. The summed E-state index contributed by atoms with van der Waals surface area (Å²) < 4.78 is 15.5. The van der Waals surface area contributed by atoms with E-state index in [-0.39, 0.29) is 24.3 Å². The third-order valence-corrected chi connectivity index (χ3v) is 3.46. The molecule has 1 atom stereocenters. The van der Waals surface area contributed by atoms with Gasteiger partial charge < -0.3 is 19.5 Å². The van der Waals surface area contributed by atoms with Gasteiger partial charge in [-0.1, -0.05) is 6.92 Å². The van der Waals surface area contributed by atoms with Gasteiger partial charge in [-0.2, -0.15) is 0 Å². The summed E-state index contributed by atoms with van der Waals surface area (Å²) in [5.74, 6) is -1.55. The van der Waals surface area contributed by atoms with Crippen molar-refractivity contribution in [2.45, 2.75) is 59.6 Å². The standard InChI is InChI=1S/C20H29NO6/c1-7-15(19(24)26-9-3)21-16-11-10-13(17(22)25-8-2)12-14(16)18(23)27-20(4,5)6/h10-12,15,21H,7-9H2,1-6H3. The first kappa shape index (κ1) is 22.5. The van der Waals surface area contributed by atoms with Gasteiger partial charge in [0.1, 0.15) is 11.6 Å². The Hall–Kier alpha value is -2.57. The van der Waals surface area contributed by atoms with Gasteiger partial charge in [0.15, 0.2) is 0 Å². The molecule has 0 fully saturated rings. The summed E-state index contributed by atoms with van der Waals surface area (Å²) in [5, 5.41) is 3.02. The molecule has 0 aliphatic rings. The fourth-order valence-corrected chi connectivity index (χ4v) is 2.27. The van der Waals surface area contributed by atoms with Crippen LogP contribution >= 0.6 is 0 Å². The predicted octanol–water partition coefficient (Wildman–Crippen LogP) is 3.57. The fraction of sp³-hybridized carbons (Fsp3) is 0.550. The molecule has 1 rings (SSSR count). The summed E-state index contributed by atoms with van der Waals surface area (Å²) in [7, 11) is 0. The van der Waals surface area contributed by atoms with E-state index < -0.39 is 29.6 Å². The normalized spacial score (nSPS) is 12.1. The number of ether oxygens (including phenoxy) is 3. The number of anilines is 1. The molecular weight excluding hydrogens is 350 g/mol. The van der Waals surface area contributed by atoms with Gasteiger partial charge in [-0.3, -0.25) is 0 Å². The molecule has 1 N–H and O–H groups in total. The minimum absolute atomic E-state index is 0.151. The summed E-state index contributed by atoms with van der Waals surface area (Å²) in [6.45, 7) is 11.0. The molecule has 0 heterocycles. The van der Waals surface area contributed by atoms with Crippen molar-refractivity contribution in [1.82, 2.24) is 0 Å². The number of carbonyl (C=O) groups excluding carboxylic acids is 3. The molecule has 0 bridgehead atoms.